The summed E-state index contributed by atoms with van der Waals surface area (Å²) in [5.41, 5.74) is -1.57. The molecular weight excluding hydrogens is 178 g/mol. The first-order valence-electron chi connectivity index (χ1n) is 3.65. The molecule has 1 aliphatic carbocycles. The van der Waals surface area contributed by atoms with Gasteiger partial charge < -0.3 is 15.5 Å². The monoisotopic (exact) mass is 187 g/mol. The van der Waals surface area contributed by atoms with Crippen LogP contribution in [-0.4, -0.2) is 33.6 Å². The van der Waals surface area contributed by atoms with Crippen LogP contribution in [0, 0.1) is 5.92 Å². The van der Waals surface area contributed by atoms with Crippen LogP contribution in [0.5, 0.6) is 0 Å². The zero-order chi connectivity index (χ0) is 10.2. The molecule has 1 amide bonds. The molecule has 0 spiro atoms. The van der Waals surface area contributed by atoms with Crippen molar-refractivity contribution in [1.82, 2.24) is 5.32 Å². The second kappa shape index (κ2) is 2.72. The number of nitrogens with one attached hydrogen (secondary N) is 1. The first kappa shape index (κ1) is 9.50. The van der Waals surface area contributed by atoms with Crippen molar-refractivity contribution >= 4 is 17.8 Å². The van der Waals surface area contributed by atoms with Gasteiger partial charge in [0.15, 0.2) is 5.54 Å². The molecule has 0 aromatic carbocycles. The minimum Gasteiger partial charge on any atom is -0.481 e. The second-order valence-electron chi connectivity index (χ2n) is 3.05. The highest BCUT2D eigenvalue weighted by molar-refractivity contribution is 5.96. The van der Waals surface area contributed by atoms with E-state index in [2.05, 4.69) is 5.32 Å². The number of carboxylic acids is 2. The molecule has 0 unspecified atom stereocenters. The molecule has 3 N–H and O–H groups in total. The van der Waals surface area contributed by atoms with E-state index in [1.54, 1.807) is 0 Å². The first-order valence-corrected chi connectivity index (χ1v) is 3.65. The van der Waals surface area contributed by atoms with Crippen LogP contribution in [-0.2, 0) is 14.4 Å². The van der Waals surface area contributed by atoms with Crippen LogP contribution < -0.4 is 5.32 Å². The number of hydrogen-bond acceptors (Lipinski definition) is 3. The molecule has 2 atom stereocenters. The number of aliphatic carboxylic acids is 2. The van der Waals surface area contributed by atoms with Crippen LogP contribution in [0.4, 0.5) is 0 Å². The lowest BCUT2D eigenvalue weighted by molar-refractivity contribution is -0.147. The third-order valence-corrected chi connectivity index (χ3v) is 2.04. The number of carboxylic acid groups (broad SMARTS) is 2. The van der Waals surface area contributed by atoms with Gasteiger partial charge in [-0.15, -0.1) is 0 Å². The molecule has 72 valence electrons. The Labute approximate surface area is 73.5 Å². The second-order valence-corrected chi connectivity index (χ2v) is 3.05. The van der Waals surface area contributed by atoms with Gasteiger partial charge in [0.2, 0.25) is 5.91 Å². The normalized spacial score (nSPS) is 30.7. The molecule has 0 bridgehead atoms. The molecule has 1 aliphatic rings. The number of carbonyl (C=O) groups is 3. The summed E-state index contributed by atoms with van der Waals surface area (Å²) in [4.78, 5) is 31.7. The van der Waals surface area contributed by atoms with Gasteiger partial charge in [0, 0.05) is 6.92 Å². The molecule has 0 aromatic heterocycles. The van der Waals surface area contributed by atoms with Gasteiger partial charge in [-0.05, 0) is 6.42 Å². The summed E-state index contributed by atoms with van der Waals surface area (Å²) < 4.78 is 0. The molecule has 1 rings (SSSR count). The molecule has 1 fully saturated rings. The van der Waals surface area contributed by atoms with Gasteiger partial charge in [0.25, 0.3) is 0 Å². The molecule has 0 aliphatic heterocycles. The van der Waals surface area contributed by atoms with Crippen molar-refractivity contribution < 1.29 is 24.6 Å². The molecule has 0 heterocycles. The van der Waals surface area contributed by atoms with Gasteiger partial charge in [-0.3, -0.25) is 9.59 Å². The van der Waals surface area contributed by atoms with Crippen molar-refractivity contribution in [3.05, 3.63) is 0 Å². The van der Waals surface area contributed by atoms with Crippen molar-refractivity contribution in [2.24, 2.45) is 5.92 Å². The van der Waals surface area contributed by atoms with Crippen molar-refractivity contribution in [1.29, 1.82) is 0 Å². The predicted octanol–water partition coefficient (Wildman–Crippen LogP) is -0.950. The number of amides is 1. The number of carbonyl (C=O) groups excluding carboxylic acids is 1. The van der Waals surface area contributed by atoms with E-state index in [-0.39, 0.29) is 6.42 Å². The van der Waals surface area contributed by atoms with E-state index in [1.807, 2.05) is 0 Å². The third-order valence-electron chi connectivity index (χ3n) is 2.04. The average molecular weight is 187 g/mol. The third kappa shape index (κ3) is 1.47. The SMILES string of the molecule is CC(=O)N[C@@]1(C(=O)O)C[C@H]1C(=O)O. The highest BCUT2D eigenvalue weighted by Gasteiger charge is 2.65. The van der Waals surface area contributed by atoms with Gasteiger partial charge in [-0.2, -0.15) is 0 Å². The fraction of sp³-hybridized carbons (Fsp3) is 0.571. The Morgan fingerprint density at radius 2 is 1.92 bits per heavy atom. The zero-order valence-electron chi connectivity index (χ0n) is 6.90. The lowest BCUT2D eigenvalue weighted by Crippen LogP contribution is -2.45. The minimum atomic E-state index is -1.57. The summed E-state index contributed by atoms with van der Waals surface area (Å²) >= 11 is 0. The molecule has 1 saturated carbocycles. The summed E-state index contributed by atoms with van der Waals surface area (Å²) in [6.07, 6.45) is -0.0444. The van der Waals surface area contributed by atoms with Crippen LogP contribution in [0.15, 0.2) is 0 Å². The summed E-state index contributed by atoms with van der Waals surface area (Å²) in [6, 6.07) is 0. The lowest BCUT2D eigenvalue weighted by atomic mass is 10.2. The van der Waals surface area contributed by atoms with E-state index in [0.29, 0.717) is 0 Å². The quantitative estimate of drug-likeness (QED) is 0.528. The highest BCUT2D eigenvalue weighted by Crippen LogP contribution is 2.43. The first-order chi connectivity index (χ1) is 5.90. The number of hydrogen-bond donors (Lipinski definition) is 3. The molecule has 0 saturated heterocycles. The number of rotatable bonds is 3. The Morgan fingerprint density at radius 3 is 2.15 bits per heavy atom. The minimum absolute atomic E-state index is 0.0444. The van der Waals surface area contributed by atoms with Gasteiger partial charge >= 0.3 is 11.9 Å². The van der Waals surface area contributed by atoms with E-state index >= 15 is 0 Å². The molecule has 0 aromatic rings. The average Bonchev–Trinajstić information content (AvgIpc) is 2.62. The molecular formula is C7H9NO5. The fourth-order valence-corrected chi connectivity index (χ4v) is 1.30. The summed E-state index contributed by atoms with van der Waals surface area (Å²) in [6.45, 7) is 1.15. The van der Waals surface area contributed by atoms with Crippen molar-refractivity contribution in [3.8, 4) is 0 Å². The fourth-order valence-electron chi connectivity index (χ4n) is 1.30. The highest BCUT2D eigenvalue weighted by atomic mass is 16.4. The van der Waals surface area contributed by atoms with Crippen molar-refractivity contribution in [3.63, 3.8) is 0 Å². The zero-order valence-corrected chi connectivity index (χ0v) is 6.90. The smallest absolute Gasteiger partial charge is 0.330 e. The van der Waals surface area contributed by atoms with E-state index in [4.69, 9.17) is 10.2 Å². The lowest BCUT2D eigenvalue weighted by Gasteiger charge is -2.11. The maximum atomic E-state index is 10.7. The Morgan fingerprint density at radius 1 is 1.38 bits per heavy atom. The van der Waals surface area contributed by atoms with Gasteiger partial charge in [-0.1, -0.05) is 0 Å². The van der Waals surface area contributed by atoms with E-state index in [0.717, 1.165) is 6.92 Å². The van der Waals surface area contributed by atoms with Gasteiger partial charge in [0.1, 0.15) is 0 Å². The van der Waals surface area contributed by atoms with E-state index in [1.165, 1.54) is 0 Å². The van der Waals surface area contributed by atoms with Crippen LogP contribution in [0.1, 0.15) is 13.3 Å². The molecule has 6 nitrogen and oxygen atoms in total. The Hall–Kier alpha value is -1.59. The Balaban J connectivity index is 2.77. The predicted molar refractivity (Wildman–Crippen MR) is 39.9 cm³/mol. The van der Waals surface area contributed by atoms with E-state index < -0.39 is 29.3 Å². The molecule has 0 radical (unpaired) electrons. The van der Waals surface area contributed by atoms with Crippen LogP contribution in [0.3, 0.4) is 0 Å². The van der Waals surface area contributed by atoms with Crippen LogP contribution in [0.25, 0.3) is 0 Å². The van der Waals surface area contributed by atoms with Gasteiger partial charge in [0.05, 0.1) is 5.92 Å². The molecule has 6 heteroatoms. The standard InChI is InChI=1S/C7H9NO5/c1-3(9)8-7(6(12)13)2-4(7)5(10)11/h4H,2H2,1H3,(H,8,9)(H,10,11)(H,12,13)/t4-,7-/m0/s1. The summed E-state index contributed by atoms with van der Waals surface area (Å²) in [5.74, 6) is -4.04. The maximum Gasteiger partial charge on any atom is 0.330 e. The van der Waals surface area contributed by atoms with Crippen LogP contribution >= 0.6 is 0 Å². The van der Waals surface area contributed by atoms with Gasteiger partial charge in [-0.25, -0.2) is 4.79 Å². The van der Waals surface area contributed by atoms with Crippen molar-refractivity contribution in [2.75, 3.05) is 0 Å². The topological polar surface area (TPSA) is 104 Å². The largest absolute Gasteiger partial charge is 0.481 e. The maximum absolute atomic E-state index is 10.7. The summed E-state index contributed by atoms with van der Waals surface area (Å²) in [5, 5.41) is 19.4. The Kier molecular flexibility index (Phi) is 1.99. The molecule has 13 heavy (non-hydrogen) atoms. The van der Waals surface area contributed by atoms with Crippen LogP contribution in [0.2, 0.25) is 0 Å². The Bertz CT molecular complexity index is 287. The van der Waals surface area contributed by atoms with Crippen molar-refractivity contribution in [2.45, 2.75) is 18.9 Å². The van der Waals surface area contributed by atoms with E-state index in [9.17, 15) is 14.4 Å². The summed E-state index contributed by atoms with van der Waals surface area (Å²) in [7, 11) is 0.